The fraction of sp³-hybridized carbons (Fsp3) is 0.600. The minimum Gasteiger partial charge on any atom is -0.366 e. The van der Waals surface area contributed by atoms with E-state index in [2.05, 4.69) is 34.9 Å². The lowest BCUT2D eigenvalue weighted by molar-refractivity contribution is 0.203. The van der Waals surface area contributed by atoms with Crippen LogP contribution in [0.15, 0.2) is 18.2 Å². The first-order chi connectivity index (χ1) is 9.19. The van der Waals surface area contributed by atoms with Crippen molar-refractivity contribution in [1.82, 2.24) is 4.90 Å². The van der Waals surface area contributed by atoms with Gasteiger partial charge in [0.05, 0.1) is 0 Å². The van der Waals surface area contributed by atoms with Crippen LogP contribution in [0.2, 0.25) is 5.02 Å². The van der Waals surface area contributed by atoms with E-state index >= 15 is 0 Å². The molecular formula is C15H20Cl2N2. The Labute approximate surface area is 125 Å². The number of alkyl halides is 1. The second-order valence-electron chi connectivity index (χ2n) is 5.70. The lowest BCUT2D eigenvalue weighted by atomic mass is 10.1. The standard InChI is InChI=1S/C15H20Cl2N2/c1-11-9-18-6-2-3-14(18)10-19(11)13-5-4-12(8-16)15(17)7-13/h4-5,7,11,14H,2-3,6,8-10H2,1H3. The molecule has 0 aliphatic carbocycles. The number of halogens is 2. The number of nitrogens with zero attached hydrogens (tertiary/aromatic N) is 2. The molecule has 0 radical (unpaired) electrons. The van der Waals surface area contributed by atoms with E-state index in [1.54, 1.807) is 0 Å². The van der Waals surface area contributed by atoms with Crippen molar-refractivity contribution in [2.75, 3.05) is 24.5 Å². The van der Waals surface area contributed by atoms with Crippen LogP contribution in [0.5, 0.6) is 0 Å². The molecule has 1 aromatic rings. The van der Waals surface area contributed by atoms with Crippen LogP contribution in [0.25, 0.3) is 0 Å². The monoisotopic (exact) mass is 298 g/mol. The van der Waals surface area contributed by atoms with Gasteiger partial charge < -0.3 is 4.90 Å². The third-order valence-electron chi connectivity index (χ3n) is 4.45. The summed E-state index contributed by atoms with van der Waals surface area (Å²) >= 11 is 12.2. The number of piperazine rings is 1. The summed E-state index contributed by atoms with van der Waals surface area (Å²) in [6.07, 6.45) is 2.67. The van der Waals surface area contributed by atoms with Crippen LogP contribution in [0, 0.1) is 0 Å². The average molecular weight is 299 g/mol. The summed E-state index contributed by atoms with van der Waals surface area (Å²) in [7, 11) is 0. The molecular weight excluding hydrogens is 279 g/mol. The summed E-state index contributed by atoms with van der Waals surface area (Å²) in [5.41, 5.74) is 2.25. The summed E-state index contributed by atoms with van der Waals surface area (Å²) in [4.78, 5) is 5.13. The minimum atomic E-state index is 0.477. The van der Waals surface area contributed by atoms with Crippen molar-refractivity contribution in [1.29, 1.82) is 0 Å². The summed E-state index contributed by atoms with van der Waals surface area (Å²) in [5, 5.41) is 0.786. The lowest BCUT2D eigenvalue weighted by Crippen LogP contribution is -2.55. The van der Waals surface area contributed by atoms with Crippen LogP contribution in [-0.2, 0) is 5.88 Å². The third-order valence-corrected chi connectivity index (χ3v) is 5.09. The first-order valence-corrected chi connectivity index (χ1v) is 7.95. The van der Waals surface area contributed by atoms with Crippen molar-refractivity contribution in [2.24, 2.45) is 0 Å². The van der Waals surface area contributed by atoms with E-state index in [-0.39, 0.29) is 0 Å². The fourth-order valence-corrected chi connectivity index (χ4v) is 3.91. The van der Waals surface area contributed by atoms with Gasteiger partial charge in [0, 0.05) is 41.8 Å². The summed E-state index contributed by atoms with van der Waals surface area (Å²) in [5.74, 6) is 0.477. The largest absolute Gasteiger partial charge is 0.366 e. The topological polar surface area (TPSA) is 6.48 Å². The van der Waals surface area contributed by atoms with Gasteiger partial charge in [0.15, 0.2) is 0 Å². The number of anilines is 1. The second kappa shape index (κ2) is 5.51. The first kappa shape index (κ1) is 13.5. The highest BCUT2D eigenvalue weighted by atomic mass is 35.5. The molecule has 2 atom stereocenters. The lowest BCUT2D eigenvalue weighted by Gasteiger charge is -2.43. The van der Waals surface area contributed by atoms with E-state index in [1.807, 2.05) is 0 Å². The van der Waals surface area contributed by atoms with Gasteiger partial charge in [-0.1, -0.05) is 17.7 Å². The van der Waals surface area contributed by atoms with E-state index in [0.717, 1.165) is 23.2 Å². The number of hydrogen-bond acceptors (Lipinski definition) is 2. The average Bonchev–Trinajstić information content (AvgIpc) is 2.84. The number of fused-ring (bicyclic) bond motifs is 1. The maximum Gasteiger partial charge on any atom is 0.0488 e. The van der Waals surface area contributed by atoms with Gasteiger partial charge in [-0.3, -0.25) is 4.90 Å². The Morgan fingerprint density at radius 3 is 2.89 bits per heavy atom. The molecule has 0 N–H and O–H groups in total. The molecule has 2 aliphatic rings. The van der Waals surface area contributed by atoms with E-state index in [1.165, 1.54) is 31.6 Å². The van der Waals surface area contributed by atoms with Crippen molar-refractivity contribution in [3.63, 3.8) is 0 Å². The van der Waals surface area contributed by atoms with Crippen molar-refractivity contribution < 1.29 is 0 Å². The van der Waals surface area contributed by atoms with E-state index in [0.29, 0.717) is 11.9 Å². The third kappa shape index (κ3) is 2.58. The smallest absolute Gasteiger partial charge is 0.0488 e. The summed E-state index contributed by atoms with van der Waals surface area (Å²) in [6, 6.07) is 7.55. The van der Waals surface area contributed by atoms with Gasteiger partial charge in [-0.25, -0.2) is 0 Å². The van der Waals surface area contributed by atoms with Crippen LogP contribution in [-0.4, -0.2) is 36.6 Å². The molecule has 2 fully saturated rings. The van der Waals surface area contributed by atoms with Gasteiger partial charge in [-0.15, -0.1) is 11.6 Å². The Hall–Kier alpha value is -0.440. The number of hydrogen-bond donors (Lipinski definition) is 0. The highest BCUT2D eigenvalue weighted by Gasteiger charge is 2.34. The van der Waals surface area contributed by atoms with E-state index in [9.17, 15) is 0 Å². The van der Waals surface area contributed by atoms with Gasteiger partial charge in [0.1, 0.15) is 0 Å². The van der Waals surface area contributed by atoms with Gasteiger partial charge in [0.25, 0.3) is 0 Å². The zero-order chi connectivity index (χ0) is 13.4. The fourth-order valence-electron chi connectivity index (χ4n) is 3.37. The van der Waals surface area contributed by atoms with Crippen molar-refractivity contribution in [3.8, 4) is 0 Å². The minimum absolute atomic E-state index is 0.477. The normalized spacial score (nSPS) is 27.6. The molecule has 4 heteroatoms. The molecule has 0 aromatic heterocycles. The van der Waals surface area contributed by atoms with Crippen molar-refractivity contribution >= 4 is 28.9 Å². The maximum absolute atomic E-state index is 6.29. The van der Waals surface area contributed by atoms with Crippen molar-refractivity contribution in [3.05, 3.63) is 28.8 Å². The molecule has 0 spiro atoms. The zero-order valence-corrected chi connectivity index (χ0v) is 12.8. The molecule has 3 rings (SSSR count). The second-order valence-corrected chi connectivity index (χ2v) is 6.38. The van der Waals surface area contributed by atoms with Crippen LogP contribution in [0.1, 0.15) is 25.3 Å². The highest BCUT2D eigenvalue weighted by molar-refractivity contribution is 6.32. The van der Waals surface area contributed by atoms with Gasteiger partial charge >= 0.3 is 0 Å². The Balaban J connectivity index is 1.82. The molecule has 2 saturated heterocycles. The van der Waals surface area contributed by atoms with E-state index in [4.69, 9.17) is 23.2 Å². The molecule has 2 heterocycles. The van der Waals surface area contributed by atoms with Gasteiger partial charge in [0.2, 0.25) is 0 Å². The SMILES string of the molecule is CC1CN2CCCC2CN1c1ccc(CCl)c(Cl)c1. The highest BCUT2D eigenvalue weighted by Crippen LogP contribution is 2.31. The predicted molar refractivity (Wildman–Crippen MR) is 82.4 cm³/mol. The van der Waals surface area contributed by atoms with Crippen LogP contribution >= 0.6 is 23.2 Å². The quantitative estimate of drug-likeness (QED) is 0.767. The van der Waals surface area contributed by atoms with Gasteiger partial charge in [-0.05, 0) is 44.0 Å². The van der Waals surface area contributed by atoms with Gasteiger partial charge in [-0.2, -0.15) is 0 Å². The predicted octanol–water partition coefficient (Wildman–Crippen LogP) is 3.75. The molecule has 1 aromatic carbocycles. The van der Waals surface area contributed by atoms with Crippen molar-refractivity contribution in [2.45, 2.75) is 37.7 Å². The van der Waals surface area contributed by atoms with Crippen LogP contribution < -0.4 is 4.90 Å². The molecule has 104 valence electrons. The summed E-state index contributed by atoms with van der Waals surface area (Å²) in [6.45, 7) is 5.87. The number of benzene rings is 1. The summed E-state index contributed by atoms with van der Waals surface area (Å²) < 4.78 is 0. The molecule has 0 bridgehead atoms. The Morgan fingerprint density at radius 2 is 2.16 bits per heavy atom. The molecule has 2 aliphatic heterocycles. The molecule has 2 unspecified atom stereocenters. The molecule has 19 heavy (non-hydrogen) atoms. The Kier molecular flexibility index (Phi) is 3.93. The molecule has 0 saturated carbocycles. The maximum atomic E-state index is 6.29. The first-order valence-electron chi connectivity index (χ1n) is 7.04. The number of rotatable bonds is 2. The Bertz CT molecular complexity index is 463. The molecule has 0 amide bonds. The molecule has 2 nitrogen and oxygen atoms in total. The zero-order valence-electron chi connectivity index (χ0n) is 11.3. The Morgan fingerprint density at radius 1 is 1.32 bits per heavy atom. The van der Waals surface area contributed by atoms with E-state index < -0.39 is 0 Å². The van der Waals surface area contributed by atoms with Crippen LogP contribution in [0.4, 0.5) is 5.69 Å². The van der Waals surface area contributed by atoms with Crippen LogP contribution in [0.3, 0.4) is 0 Å².